The first-order valence-corrected chi connectivity index (χ1v) is 11.3. The van der Waals surface area contributed by atoms with Gasteiger partial charge < -0.3 is 9.64 Å². The molecule has 5 nitrogen and oxygen atoms in total. The van der Waals surface area contributed by atoms with Gasteiger partial charge in [0.1, 0.15) is 11.8 Å². The molecule has 1 heterocycles. The number of hydrogen-bond acceptors (Lipinski definition) is 5. The molecule has 0 aromatic heterocycles. The number of benzene rings is 3. The van der Waals surface area contributed by atoms with Gasteiger partial charge >= 0.3 is 0 Å². The summed E-state index contributed by atoms with van der Waals surface area (Å²) in [5.41, 5.74) is 4.61. The van der Waals surface area contributed by atoms with Gasteiger partial charge in [0.15, 0.2) is 0 Å². The zero-order valence-electron chi connectivity index (χ0n) is 18.5. The van der Waals surface area contributed by atoms with Crippen LogP contribution in [0.2, 0.25) is 5.02 Å². The maximum atomic E-state index is 9.78. The van der Waals surface area contributed by atoms with Crippen molar-refractivity contribution in [2.45, 2.75) is 12.5 Å². The number of ether oxygens (including phenoxy) is 1. The summed E-state index contributed by atoms with van der Waals surface area (Å²) >= 11 is 6.15. The highest BCUT2D eigenvalue weighted by atomic mass is 35.5. The summed E-state index contributed by atoms with van der Waals surface area (Å²) in [6, 6.07) is 26.1. The zero-order valence-corrected chi connectivity index (χ0v) is 19.3. The third-order valence-electron chi connectivity index (χ3n) is 6.15. The van der Waals surface area contributed by atoms with Gasteiger partial charge in [0, 0.05) is 31.2 Å². The first-order valence-electron chi connectivity index (χ1n) is 10.9. The Morgan fingerprint density at radius 3 is 2.39 bits per heavy atom. The lowest BCUT2D eigenvalue weighted by Crippen LogP contribution is -2.49. The Hall–Kier alpha value is -3.51. The maximum Gasteiger partial charge on any atom is 0.120 e. The molecule has 1 aliphatic heterocycles. The van der Waals surface area contributed by atoms with E-state index in [-0.39, 0.29) is 6.04 Å². The molecule has 1 saturated heterocycles. The summed E-state index contributed by atoms with van der Waals surface area (Å²) in [5.74, 6) is 0.680. The second-order valence-corrected chi connectivity index (χ2v) is 8.55. The normalized spacial score (nSPS) is 16.1. The van der Waals surface area contributed by atoms with Crippen molar-refractivity contribution in [1.82, 2.24) is 4.90 Å². The highest BCUT2D eigenvalue weighted by Gasteiger charge is 2.30. The second kappa shape index (κ2) is 10.4. The van der Waals surface area contributed by atoms with Crippen LogP contribution in [-0.2, 0) is 6.42 Å². The summed E-state index contributed by atoms with van der Waals surface area (Å²) in [6.45, 7) is 3.48. The van der Waals surface area contributed by atoms with Crippen molar-refractivity contribution < 1.29 is 4.74 Å². The smallest absolute Gasteiger partial charge is 0.120 e. The molecule has 1 aliphatic rings. The molecule has 33 heavy (non-hydrogen) atoms. The molecule has 0 N–H and O–H groups in total. The van der Waals surface area contributed by atoms with Crippen molar-refractivity contribution in [2.24, 2.45) is 0 Å². The molecule has 0 unspecified atom stereocenters. The molecule has 1 atom stereocenters. The van der Waals surface area contributed by atoms with Crippen molar-refractivity contribution in [3.8, 4) is 17.9 Å². The van der Waals surface area contributed by atoms with Crippen LogP contribution in [0.4, 0.5) is 5.69 Å². The summed E-state index contributed by atoms with van der Waals surface area (Å²) in [4.78, 5) is 4.78. The van der Waals surface area contributed by atoms with Crippen molar-refractivity contribution in [3.63, 3.8) is 0 Å². The monoisotopic (exact) mass is 456 g/mol. The fourth-order valence-electron chi connectivity index (χ4n) is 4.32. The summed E-state index contributed by atoms with van der Waals surface area (Å²) in [7, 11) is 1.61. The van der Waals surface area contributed by atoms with Crippen LogP contribution in [0.3, 0.4) is 0 Å². The second-order valence-electron chi connectivity index (χ2n) is 8.11. The summed E-state index contributed by atoms with van der Waals surface area (Å²) in [5, 5.41) is 19.5. The van der Waals surface area contributed by atoms with Crippen molar-refractivity contribution in [1.29, 1.82) is 10.5 Å². The Bertz CT molecular complexity index is 1180. The fourth-order valence-corrected chi connectivity index (χ4v) is 4.44. The lowest BCUT2D eigenvalue weighted by atomic mass is 9.99. The SMILES string of the molecule is COc1ccc(N2CCN(CCc3ccc(C#N)cc3)C[C@H]2c2ccc(Cl)cc2)c(C#N)c1. The van der Waals surface area contributed by atoms with E-state index in [1.807, 2.05) is 48.5 Å². The van der Waals surface area contributed by atoms with Gasteiger partial charge in [-0.15, -0.1) is 0 Å². The van der Waals surface area contributed by atoms with Gasteiger partial charge in [0.25, 0.3) is 0 Å². The summed E-state index contributed by atoms with van der Waals surface area (Å²) in [6.07, 6.45) is 0.922. The number of piperazine rings is 1. The molecule has 0 bridgehead atoms. The first kappa shape index (κ1) is 22.7. The maximum absolute atomic E-state index is 9.78. The summed E-state index contributed by atoms with van der Waals surface area (Å²) < 4.78 is 5.32. The minimum absolute atomic E-state index is 0.0949. The third kappa shape index (κ3) is 5.29. The number of rotatable bonds is 6. The highest BCUT2D eigenvalue weighted by molar-refractivity contribution is 6.30. The number of methoxy groups -OCH3 is 1. The van der Waals surface area contributed by atoms with E-state index in [2.05, 4.69) is 34.1 Å². The number of hydrogen-bond donors (Lipinski definition) is 0. The number of nitriles is 2. The van der Waals surface area contributed by atoms with Crippen LogP contribution in [0.25, 0.3) is 0 Å². The average Bonchev–Trinajstić information content (AvgIpc) is 2.87. The number of halogens is 1. The number of nitrogens with zero attached hydrogens (tertiary/aromatic N) is 4. The van der Waals surface area contributed by atoms with Gasteiger partial charge in [0.2, 0.25) is 0 Å². The van der Waals surface area contributed by atoms with Crippen LogP contribution in [0.1, 0.15) is 28.3 Å². The number of anilines is 1. The van der Waals surface area contributed by atoms with Crippen LogP contribution in [0.5, 0.6) is 5.75 Å². The van der Waals surface area contributed by atoms with Gasteiger partial charge in [-0.25, -0.2) is 0 Å². The van der Waals surface area contributed by atoms with Gasteiger partial charge in [-0.3, -0.25) is 4.90 Å². The molecule has 3 aromatic carbocycles. The van der Waals surface area contributed by atoms with E-state index < -0.39 is 0 Å². The molecule has 4 rings (SSSR count). The first-order chi connectivity index (χ1) is 16.1. The van der Waals surface area contributed by atoms with Gasteiger partial charge in [-0.2, -0.15) is 10.5 Å². The Morgan fingerprint density at radius 2 is 1.73 bits per heavy atom. The molecule has 0 radical (unpaired) electrons. The Labute approximate surface area is 200 Å². The molecular formula is C27H25ClN4O. The van der Waals surface area contributed by atoms with Gasteiger partial charge in [-0.05, 0) is 60.0 Å². The van der Waals surface area contributed by atoms with Crippen molar-refractivity contribution in [2.75, 3.05) is 38.2 Å². The lowest BCUT2D eigenvalue weighted by molar-refractivity contribution is 0.226. The zero-order chi connectivity index (χ0) is 23.2. The Morgan fingerprint density at radius 1 is 0.970 bits per heavy atom. The standard InChI is InChI=1S/C27H25ClN4O/c1-33-25-10-11-26(23(16-25)18-30)32-15-14-31(13-12-20-2-4-21(17-29)5-3-20)19-27(32)22-6-8-24(28)9-7-22/h2-11,16,27H,12-15,19H2,1H3/t27-/m0/s1. The predicted molar refractivity (Wildman–Crippen MR) is 131 cm³/mol. The Balaban J connectivity index is 1.56. The molecule has 0 amide bonds. The third-order valence-corrected chi connectivity index (χ3v) is 6.40. The van der Waals surface area contributed by atoms with E-state index in [9.17, 15) is 5.26 Å². The molecule has 166 valence electrons. The Kier molecular flexibility index (Phi) is 7.15. The van der Waals surface area contributed by atoms with Crippen molar-refractivity contribution in [3.05, 3.63) is 94.0 Å². The minimum atomic E-state index is 0.0949. The van der Waals surface area contributed by atoms with E-state index >= 15 is 0 Å². The van der Waals surface area contributed by atoms with Crippen LogP contribution in [-0.4, -0.2) is 38.2 Å². The minimum Gasteiger partial charge on any atom is -0.497 e. The lowest BCUT2D eigenvalue weighted by Gasteiger charge is -2.43. The van der Waals surface area contributed by atoms with Crippen LogP contribution in [0, 0.1) is 22.7 Å². The predicted octanol–water partition coefficient (Wildman–Crippen LogP) is 5.20. The highest BCUT2D eigenvalue weighted by Crippen LogP contribution is 2.35. The van der Waals surface area contributed by atoms with E-state index in [1.165, 1.54) is 11.1 Å². The molecule has 0 saturated carbocycles. The largest absolute Gasteiger partial charge is 0.497 e. The molecule has 3 aromatic rings. The molecule has 1 fully saturated rings. The quantitative estimate of drug-likeness (QED) is 0.510. The van der Waals surface area contributed by atoms with Crippen LogP contribution in [0.15, 0.2) is 66.7 Å². The van der Waals surface area contributed by atoms with E-state index in [4.69, 9.17) is 21.6 Å². The van der Waals surface area contributed by atoms with Gasteiger partial charge in [0.05, 0.1) is 36.0 Å². The van der Waals surface area contributed by atoms with E-state index in [1.54, 1.807) is 13.2 Å². The van der Waals surface area contributed by atoms with Gasteiger partial charge in [-0.1, -0.05) is 35.9 Å². The molecule has 0 spiro atoms. The molecule has 0 aliphatic carbocycles. The van der Waals surface area contributed by atoms with E-state index in [0.717, 1.165) is 38.3 Å². The van der Waals surface area contributed by atoms with Crippen LogP contribution < -0.4 is 9.64 Å². The van der Waals surface area contributed by atoms with E-state index in [0.29, 0.717) is 21.9 Å². The topological polar surface area (TPSA) is 63.3 Å². The fraction of sp³-hybridized carbons (Fsp3) is 0.259. The van der Waals surface area contributed by atoms with Crippen LogP contribution >= 0.6 is 11.6 Å². The molecule has 6 heteroatoms. The average molecular weight is 457 g/mol. The van der Waals surface area contributed by atoms with Crippen molar-refractivity contribution >= 4 is 17.3 Å². The molecular weight excluding hydrogens is 432 g/mol.